The van der Waals surface area contributed by atoms with Gasteiger partial charge in [-0.15, -0.1) is 0 Å². The molecule has 0 unspecified atom stereocenters. The summed E-state index contributed by atoms with van der Waals surface area (Å²) in [5.41, 5.74) is 27.9. The molecule has 0 aromatic heterocycles. The monoisotopic (exact) mass is 706 g/mol. The van der Waals surface area contributed by atoms with Crippen molar-refractivity contribution in [2.75, 3.05) is 0 Å². The molecule has 0 saturated carbocycles. The van der Waals surface area contributed by atoms with Crippen LogP contribution in [0, 0.1) is 0 Å². The standard InChI is InChI=1S/C44H30N6.Zn/c45-40-35-26-33-22-21-31(47-33)25-32-23-24-34(48-32)36(27-13-5-1-6-14-27)42-37(28-15-7-2-8-16-28)38(29-17-9-3-10-18-29)43(50-42)39(44(49-35)41(40)46)30-19-11-4-12-20-30;/h1-26H,45-46H2;. The number of nitrogens with two attached hydrogens (primary N) is 2. The molecule has 4 aromatic carbocycles. The maximum Gasteiger partial charge on any atom is 0.0989 e. The molecule has 0 spiro atoms. The summed E-state index contributed by atoms with van der Waals surface area (Å²) in [4.78, 5) is 20.8. The van der Waals surface area contributed by atoms with Crippen LogP contribution in [-0.2, 0) is 19.5 Å². The van der Waals surface area contributed by atoms with Gasteiger partial charge in [-0.05, 0) is 58.7 Å². The van der Waals surface area contributed by atoms with E-state index in [-0.39, 0.29) is 19.5 Å². The number of rotatable bonds is 4. The summed E-state index contributed by atoms with van der Waals surface area (Å²) >= 11 is 0. The molecule has 9 rings (SSSR count). The zero-order valence-electron chi connectivity index (χ0n) is 27.7. The molecule has 0 saturated heterocycles. The topological polar surface area (TPSA) is 101 Å². The third kappa shape index (κ3) is 5.68. The van der Waals surface area contributed by atoms with Crippen LogP contribution >= 0.6 is 0 Å². The molecule has 5 aliphatic heterocycles. The molecule has 0 fully saturated rings. The Bertz CT molecular complexity index is 2490. The van der Waals surface area contributed by atoms with Gasteiger partial charge in [-0.2, -0.15) is 0 Å². The van der Waals surface area contributed by atoms with Crippen molar-refractivity contribution in [2.45, 2.75) is 0 Å². The van der Waals surface area contributed by atoms with E-state index in [9.17, 15) is 0 Å². The summed E-state index contributed by atoms with van der Waals surface area (Å²) in [7, 11) is 0. The van der Waals surface area contributed by atoms with Gasteiger partial charge in [0.1, 0.15) is 0 Å². The summed E-state index contributed by atoms with van der Waals surface area (Å²) in [6, 6.07) is 41.4. The van der Waals surface area contributed by atoms with E-state index in [0.717, 1.165) is 78.8 Å². The van der Waals surface area contributed by atoms with E-state index in [1.54, 1.807) is 0 Å². The molecule has 7 heteroatoms. The maximum absolute atomic E-state index is 6.93. The Morgan fingerprint density at radius 2 is 0.902 bits per heavy atom. The largest absolute Gasteiger partial charge is 0.395 e. The summed E-state index contributed by atoms with van der Waals surface area (Å²) in [6.45, 7) is 0. The molecule has 0 aliphatic carbocycles. The quantitative estimate of drug-likeness (QED) is 0.209. The molecule has 8 bridgehead atoms. The minimum atomic E-state index is 0. The number of fused-ring (bicyclic) bond motifs is 4. The first-order valence-electron chi connectivity index (χ1n) is 16.5. The Hall–Kier alpha value is -6.30. The van der Waals surface area contributed by atoms with Gasteiger partial charge in [0.2, 0.25) is 0 Å². The van der Waals surface area contributed by atoms with Crippen molar-refractivity contribution in [1.29, 1.82) is 0 Å². The van der Waals surface area contributed by atoms with Crippen LogP contribution in [0.15, 0.2) is 212 Å². The Morgan fingerprint density at radius 3 is 1.51 bits per heavy atom. The maximum atomic E-state index is 6.93. The molecule has 4 N–H and O–H groups in total. The van der Waals surface area contributed by atoms with E-state index in [2.05, 4.69) is 78.9 Å². The van der Waals surface area contributed by atoms with Crippen molar-refractivity contribution in [2.24, 2.45) is 31.4 Å². The predicted molar refractivity (Wildman–Crippen MR) is 206 cm³/mol. The Labute approximate surface area is 308 Å². The van der Waals surface area contributed by atoms with Crippen LogP contribution in [0.1, 0.15) is 22.3 Å². The Balaban J connectivity index is 0.00000374. The van der Waals surface area contributed by atoms with Crippen LogP contribution in [0.5, 0.6) is 0 Å². The number of allylic oxidation sites excluding steroid dienone is 10. The summed E-state index contributed by atoms with van der Waals surface area (Å²) in [5.74, 6) is 0. The number of hydrogen-bond donors (Lipinski definition) is 2. The van der Waals surface area contributed by atoms with Crippen LogP contribution in [0.4, 0.5) is 0 Å². The third-order valence-corrected chi connectivity index (χ3v) is 9.14. The molecule has 4 aromatic rings. The number of benzene rings is 4. The fourth-order valence-electron chi connectivity index (χ4n) is 6.85. The molecular formula is C44H30N6Zn. The molecule has 6 nitrogen and oxygen atoms in total. The van der Waals surface area contributed by atoms with Gasteiger partial charge in [0, 0.05) is 41.8 Å². The number of nitrogens with zero attached hydrogens (tertiary/aromatic N) is 4. The van der Waals surface area contributed by atoms with Crippen LogP contribution in [0.25, 0.3) is 22.3 Å². The fraction of sp³-hybridized carbons (Fsp3) is 0. The van der Waals surface area contributed by atoms with Crippen molar-refractivity contribution >= 4 is 45.1 Å². The van der Waals surface area contributed by atoms with E-state index in [1.807, 2.05) is 78.9 Å². The van der Waals surface area contributed by atoms with E-state index in [1.165, 1.54) is 0 Å². The van der Waals surface area contributed by atoms with Gasteiger partial charge in [0.05, 0.1) is 57.0 Å². The third-order valence-electron chi connectivity index (χ3n) is 9.14. The SMILES string of the molecule is NC1=C(N)C2=NC1=CC1=NC(=CC3=NC(=C(c4ccccc4)C4=NC(=C2c2ccccc2)C(c2ccccc2)=C4c2ccccc2)C=C3)C=C1.[Zn]. The van der Waals surface area contributed by atoms with Gasteiger partial charge in [0.25, 0.3) is 0 Å². The molecule has 238 valence electrons. The van der Waals surface area contributed by atoms with Crippen molar-refractivity contribution < 1.29 is 19.5 Å². The Kier molecular flexibility index (Phi) is 8.27. The Morgan fingerprint density at radius 1 is 0.392 bits per heavy atom. The zero-order valence-corrected chi connectivity index (χ0v) is 30.6. The van der Waals surface area contributed by atoms with E-state index in [4.69, 9.17) is 31.4 Å². The average Bonchev–Trinajstić information content (AvgIpc) is 3.95. The molecule has 0 amide bonds. The molecule has 0 radical (unpaired) electrons. The second-order valence-electron chi connectivity index (χ2n) is 12.3. The summed E-state index contributed by atoms with van der Waals surface area (Å²) < 4.78 is 0. The zero-order chi connectivity index (χ0) is 33.6. The fourth-order valence-corrected chi connectivity index (χ4v) is 6.85. The van der Waals surface area contributed by atoms with Crippen molar-refractivity contribution in [3.63, 3.8) is 0 Å². The second-order valence-corrected chi connectivity index (χ2v) is 12.3. The van der Waals surface area contributed by atoms with E-state index in [0.29, 0.717) is 22.8 Å². The minimum absolute atomic E-state index is 0. The van der Waals surface area contributed by atoms with Gasteiger partial charge < -0.3 is 11.5 Å². The van der Waals surface area contributed by atoms with Crippen LogP contribution in [-0.4, -0.2) is 22.8 Å². The van der Waals surface area contributed by atoms with Gasteiger partial charge in [-0.1, -0.05) is 121 Å². The summed E-state index contributed by atoms with van der Waals surface area (Å²) in [6.07, 6.45) is 11.9. The van der Waals surface area contributed by atoms with Gasteiger partial charge in [-0.25, -0.2) is 20.0 Å². The normalized spacial score (nSPS) is 17.6. The first kappa shape index (κ1) is 31.9. The van der Waals surface area contributed by atoms with E-state index >= 15 is 0 Å². The van der Waals surface area contributed by atoms with Crippen LogP contribution in [0.3, 0.4) is 0 Å². The average molecular weight is 708 g/mol. The molecule has 5 heterocycles. The first-order valence-corrected chi connectivity index (χ1v) is 16.5. The minimum Gasteiger partial charge on any atom is -0.395 e. The van der Waals surface area contributed by atoms with Gasteiger partial charge >= 0.3 is 0 Å². The predicted octanol–water partition coefficient (Wildman–Crippen LogP) is 8.26. The number of hydrogen-bond acceptors (Lipinski definition) is 6. The van der Waals surface area contributed by atoms with Crippen LogP contribution < -0.4 is 11.5 Å². The van der Waals surface area contributed by atoms with E-state index < -0.39 is 0 Å². The van der Waals surface area contributed by atoms with Gasteiger partial charge in [0.15, 0.2) is 0 Å². The molecular weight excluding hydrogens is 678 g/mol. The second kappa shape index (κ2) is 13.2. The van der Waals surface area contributed by atoms with Gasteiger partial charge in [-0.3, -0.25) is 0 Å². The molecule has 5 aliphatic rings. The molecule has 51 heavy (non-hydrogen) atoms. The van der Waals surface area contributed by atoms with Crippen molar-refractivity contribution in [1.82, 2.24) is 0 Å². The van der Waals surface area contributed by atoms with Crippen molar-refractivity contribution in [3.05, 3.63) is 214 Å². The smallest absolute Gasteiger partial charge is 0.0989 e. The summed E-state index contributed by atoms with van der Waals surface area (Å²) in [5, 5.41) is 0. The first-order chi connectivity index (χ1) is 24.6. The van der Waals surface area contributed by atoms with Crippen molar-refractivity contribution in [3.8, 4) is 0 Å². The van der Waals surface area contributed by atoms with Crippen LogP contribution in [0.2, 0.25) is 0 Å². The molecule has 0 atom stereocenters. The number of aliphatic imine (C=N–C) groups is 4.